The number of rotatable bonds is 1. The molecule has 2 nitrogen and oxygen atoms in total. The van der Waals surface area contributed by atoms with Crippen LogP contribution in [0.2, 0.25) is 0 Å². The fraction of sp³-hybridized carbons (Fsp3) is 0.462. The summed E-state index contributed by atoms with van der Waals surface area (Å²) in [5.41, 5.74) is 3.76. The predicted molar refractivity (Wildman–Crippen MR) is 64.0 cm³/mol. The van der Waals surface area contributed by atoms with Crippen LogP contribution in [0.5, 0.6) is 0 Å². The lowest BCUT2D eigenvalue weighted by atomic mass is 9.88. The van der Waals surface area contributed by atoms with Crippen LogP contribution in [-0.2, 0) is 6.42 Å². The first-order valence-corrected chi connectivity index (χ1v) is 5.39. The molecule has 0 aliphatic carbocycles. The fourth-order valence-corrected chi connectivity index (χ4v) is 1.88. The Morgan fingerprint density at radius 1 is 1.27 bits per heavy atom. The topological polar surface area (TPSA) is 28.7 Å². The number of H-pyrrole nitrogens is 1. The Morgan fingerprint density at radius 2 is 2.00 bits per heavy atom. The zero-order valence-corrected chi connectivity index (χ0v) is 9.89. The van der Waals surface area contributed by atoms with Crippen LogP contribution < -0.4 is 0 Å². The molecule has 2 rings (SSSR count). The van der Waals surface area contributed by atoms with Crippen molar-refractivity contribution in [2.75, 3.05) is 0 Å². The van der Waals surface area contributed by atoms with Crippen LogP contribution in [0.25, 0.3) is 11.0 Å². The first-order chi connectivity index (χ1) is 6.96. The lowest BCUT2D eigenvalue weighted by Gasteiger charge is -2.17. The SMILES string of the molecule is Cc1ccc2c(CC(C)(C)C)c[nH]c2n1. The number of nitrogens with one attached hydrogen (secondary N) is 1. The number of hydrogen-bond acceptors (Lipinski definition) is 1. The van der Waals surface area contributed by atoms with Gasteiger partial charge in [0.05, 0.1) is 0 Å². The number of aromatic amines is 1. The summed E-state index contributed by atoms with van der Waals surface area (Å²) < 4.78 is 0. The summed E-state index contributed by atoms with van der Waals surface area (Å²) >= 11 is 0. The van der Waals surface area contributed by atoms with E-state index >= 15 is 0 Å². The Labute approximate surface area is 90.7 Å². The van der Waals surface area contributed by atoms with Crippen molar-refractivity contribution >= 4 is 11.0 Å². The van der Waals surface area contributed by atoms with Gasteiger partial charge in [-0.1, -0.05) is 20.8 Å². The molecule has 0 aromatic carbocycles. The maximum atomic E-state index is 4.47. The summed E-state index contributed by atoms with van der Waals surface area (Å²) in [5.74, 6) is 0. The number of aromatic nitrogens is 2. The van der Waals surface area contributed by atoms with E-state index in [1.54, 1.807) is 0 Å². The average Bonchev–Trinajstić information content (AvgIpc) is 2.45. The van der Waals surface area contributed by atoms with Gasteiger partial charge in [-0.2, -0.15) is 0 Å². The van der Waals surface area contributed by atoms with Gasteiger partial charge in [0, 0.05) is 17.3 Å². The highest BCUT2D eigenvalue weighted by Gasteiger charge is 2.14. The second kappa shape index (κ2) is 3.37. The number of hydrogen-bond donors (Lipinski definition) is 1. The van der Waals surface area contributed by atoms with E-state index in [-0.39, 0.29) is 0 Å². The lowest BCUT2D eigenvalue weighted by molar-refractivity contribution is 0.412. The molecule has 0 radical (unpaired) electrons. The van der Waals surface area contributed by atoms with E-state index < -0.39 is 0 Å². The molecule has 0 atom stereocenters. The van der Waals surface area contributed by atoms with E-state index in [1.165, 1.54) is 10.9 Å². The summed E-state index contributed by atoms with van der Waals surface area (Å²) in [7, 11) is 0. The summed E-state index contributed by atoms with van der Waals surface area (Å²) in [6.45, 7) is 8.79. The van der Waals surface area contributed by atoms with Crippen LogP contribution in [0, 0.1) is 12.3 Å². The molecule has 15 heavy (non-hydrogen) atoms. The van der Waals surface area contributed by atoms with Gasteiger partial charge in [-0.3, -0.25) is 0 Å². The van der Waals surface area contributed by atoms with Crippen molar-refractivity contribution in [2.45, 2.75) is 34.1 Å². The highest BCUT2D eigenvalue weighted by Crippen LogP contribution is 2.25. The quantitative estimate of drug-likeness (QED) is 0.753. The molecule has 0 bridgehead atoms. The highest BCUT2D eigenvalue weighted by molar-refractivity contribution is 5.79. The number of nitrogens with zero attached hydrogens (tertiary/aromatic N) is 1. The summed E-state index contributed by atoms with van der Waals surface area (Å²) in [6.07, 6.45) is 3.17. The van der Waals surface area contributed by atoms with Crippen LogP contribution in [-0.4, -0.2) is 9.97 Å². The monoisotopic (exact) mass is 202 g/mol. The van der Waals surface area contributed by atoms with Crippen molar-refractivity contribution < 1.29 is 0 Å². The van der Waals surface area contributed by atoms with Crippen molar-refractivity contribution in [1.29, 1.82) is 0 Å². The van der Waals surface area contributed by atoms with Crippen LogP contribution >= 0.6 is 0 Å². The molecule has 80 valence electrons. The molecule has 0 saturated carbocycles. The third kappa shape index (κ3) is 2.20. The van der Waals surface area contributed by atoms with E-state index in [0.717, 1.165) is 17.8 Å². The Balaban J connectivity index is 2.45. The van der Waals surface area contributed by atoms with Gasteiger partial charge in [0.2, 0.25) is 0 Å². The summed E-state index contributed by atoms with van der Waals surface area (Å²) in [6, 6.07) is 4.23. The van der Waals surface area contributed by atoms with Gasteiger partial charge in [-0.25, -0.2) is 4.98 Å². The van der Waals surface area contributed by atoms with Gasteiger partial charge in [-0.15, -0.1) is 0 Å². The summed E-state index contributed by atoms with van der Waals surface area (Å²) in [4.78, 5) is 7.71. The van der Waals surface area contributed by atoms with Crippen molar-refractivity contribution in [2.24, 2.45) is 5.41 Å². The molecule has 1 N–H and O–H groups in total. The second-order valence-corrected chi connectivity index (χ2v) is 5.40. The van der Waals surface area contributed by atoms with Crippen molar-refractivity contribution in [3.63, 3.8) is 0 Å². The van der Waals surface area contributed by atoms with Crippen LogP contribution in [0.4, 0.5) is 0 Å². The van der Waals surface area contributed by atoms with E-state index in [2.05, 4.69) is 49.1 Å². The minimum absolute atomic E-state index is 0.319. The average molecular weight is 202 g/mol. The Morgan fingerprint density at radius 3 is 2.67 bits per heavy atom. The van der Waals surface area contributed by atoms with E-state index in [0.29, 0.717) is 5.41 Å². The molecule has 0 aliphatic rings. The molecule has 2 aromatic heterocycles. The maximum absolute atomic E-state index is 4.47. The Bertz CT molecular complexity index is 475. The zero-order valence-electron chi connectivity index (χ0n) is 9.89. The van der Waals surface area contributed by atoms with E-state index in [9.17, 15) is 0 Å². The molecule has 0 fully saturated rings. The standard InChI is InChI=1S/C13H18N2/c1-9-5-6-11-10(7-13(2,3)4)8-14-12(11)15-9/h5-6,8H,7H2,1-4H3,(H,14,15). The molecular weight excluding hydrogens is 184 g/mol. The van der Waals surface area contributed by atoms with Crippen molar-refractivity contribution in [3.8, 4) is 0 Å². The molecule has 2 heteroatoms. The van der Waals surface area contributed by atoms with Gasteiger partial charge in [0.1, 0.15) is 5.65 Å². The van der Waals surface area contributed by atoms with Crippen LogP contribution in [0.1, 0.15) is 32.0 Å². The van der Waals surface area contributed by atoms with Crippen LogP contribution in [0.15, 0.2) is 18.3 Å². The molecule has 0 saturated heterocycles. The Hall–Kier alpha value is -1.31. The molecule has 0 unspecified atom stereocenters. The lowest BCUT2D eigenvalue weighted by Crippen LogP contribution is -2.08. The summed E-state index contributed by atoms with van der Waals surface area (Å²) in [5, 5.41) is 1.26. The third-order valence-electron chi connectivity index (χ3n) is 2.48. The second-order valence-electron chi connectivity index (χ2n) is 5.40. The minimum Gasteiger partial charge on any atom is -0.346 e. The molecule has 0 aliphatic heterocycles. The first kappa shape index (κ1) is 10.2. The van der Waals surface area contributed by atoms with Crippen molar-refractivity contribution in [3.05, 3.63) is 29.6 Å². The van der Waals surface area contributed by atoms with Gasteiger partial charge >= 0.3 is 0 Å². The number of aryl methyl sites for hydroxylation is 1. The predicted octanol–water partition coefficient (Wildman–Crippen LogP) is 3.46. The largest absolute Gasteiger partial charge is 0.346 e. The fourth-order valence-electron chi connectivity index (χ4n) is 1.88. The highest BCUT2D eigenvalue weighted by atomic mass is 14.8. The molecule has 0 amide bonds. The van der Waals surface area contributed by atoms with E-state index in [4.69, 9.17) is 0 Å². The smallest absolute Gasteiger partial charge is 0.137 e. The third-order valence-corrected chi connectivity index (χ3v) is 2.48. The normalized spacial score (nSPS) is 12.3. The van der Waals surface area contributed by atoms with Crippen molar-refractivity contribution in [1.82, 2.24) is 9.97 Å². The number of fused-ring (bicyclic) bond motifs is 1. The van der Waals surface area contributed by atoms with Gasteiger partial charge < -0.3 is 4.98 Å². The Kier molecular flexibility index (Phi) is 2.29. The van der Waals surface area contributed by atoms with Gasteiger partial charge in [-0.05, 0) is 36.5 Å². The molecular formula is C13H18N2. The molecule has 2 aromatic rings. The first-order valence-electron chi connectivity index (χ1n) is 5.39. The molecule has 2 heterocycles. The van der Waals surface area contributed by atoms with Gasteiger partial charge in [0.25, 0.3) is 0 Å². The molecule has 0 spiro atoms. The van der Waals surface area contributed by atoms with Gasteiger partial charge in [0.15, 0.2) is 0 Å². The minimum atomic E-state index is 0.319. The zero-order chi connectivity index (χ0) is 11.1. The van der Waals surface area contributed by atoms with E-state index in [1.807, 2.05) is 6.92 Å². The van der Waals surface area contributed by atoms with Crippen LogP contribution in [0.3, 0.4) is 0 Å². The maximum Gasteiger partial charge on any atom is 0.137 e. The number of pyridine rings is 1.